The Morgan fingerprint density at radius 1 is 1.28 bits per heavy atom. The average Bonchev–Trinajstić information content (AvgIpc) is 3.36. The van der Waals surface area contributed by atoms with Crippen molar-refractivity contribution < 1.29 is 4.79 Å². The summed E-state index contributed by atoms with van der Waals surface area (Å²) in [5, 5.41) is 14.2. The molecular weight excluding hydrogens is 406 g/mol. The van der Waals surface area contributed by atoms with E-state index in [0.717, 1.165) is 28.0 Å². The summed E-state index contributed by atoms with van der Waals surface area (Å²) in [6.07, 6.45) is 3.46. The standard InChI is InChI=1S/C21H18ClN5OS/c1-23-8-9-24-21(28)20-11-16(13-29-20)27-19-7-6-15(10-14(19)12-25-27)26-18-5-3-2-4-17(18)22/h2-8,10-13,26H,9H2,1H3,(H,24,28). The summed E-state index contributed by atoms with van der Waals surface area (Å²) in [6, 6.07) is 15.4. The molecule has 0 aliphatic heterocycles. The number of para-hydroxylation sites is 1. The normalized spacial score (nSPS) is 11.2. The van der Waals surface area contributed by atoms with Gasteiger partial charge in [-0.15, -0.1) is 11.3 Å². The van der Waals surface area contributed by atoms with E-state index in [1.165, 1.54) is 11.3 Å². The maximum atomic E-state index is 12.2. The number of amides is 1. The number of hydrogen-bond donors (Lipinski definition) is 2. The Labute approximate surface area is 176 Å². The number of aliphatic imine (C=N–C) groups is 1. The Morgan fingerprint density at radius 3 is 2.97 bits per heavy atom. The first-order valence-electron chi connectivity index (χ1n) is 8.93. The second kappa shape index (κ2) is 8.46. The van der Waals surface area contributed by atoms with Gasteiger partial charge in [-0.25, -0.2) is 4.68 Å². The molecule has 0 saturated carbocycles. The molecule has 2 heterocycles. The van der Waals surface area contributed by atoms with Gasteiger partial charge in [-0.05, 0) is 36.4 Å². The van der Waals surface area contributed by atoms with E-state index in [1.807, 2.05) is 64.8 Å². The van der Waals surface area contributed by atoms with Gasteiger partial charge in [0.15, 0.2) is 0 Å². The number of nitrogens with one attached hydrogen (secondary N) is 2. The van der Waals surface area contributed by atoms with E-state index in [2.05, 4.69) is 20.7 Å². The molecule has 29 heavy (non-hydrogen) atoms. The molecule has 0 saturated heterocycles. The van der Waals surface area contributed by atoms with Crippen molar-refractivity contribution in [3.8, 4) is 5.69 Å². The van der Waals surface area contributed by atoms with E-state index in [9.17, 15) is 4.79 Å². The molecule has 1 amide bonds. The number of halogens is 1. The highest BCUT2D eigenvalue weighted by molar-refractivity contribution is 7.12. The van der Waals surface area contributed by atoms with Crippen molar-refractivity contribution in [2.75, 3.05) is 18.9 Å². The number of benzene rings is 2. The first-order chi connectivity index (χ1) is 14.2. The van der Waals surface area contributed by atoms with Gasteiger partial charge in [-0.3, -0.25) is 9.79 Å². The van der Waals surface area contributed by atoms with Crippen molar-refractivity contribution in [2.24, 2.45) is 4.99 Å². The number of rotatable bonds is 6. The molecule has 0 atom stereocenters. The summed E-state index contributed by atoms with van der Waals surface area (Å²) in [5.41, 5.74) is 3.58. The van der Waals surface area contributed by atoms with Crippen LogP contribution in [-0.2, 0) is 0 Å². The predicted octanol–water partition coefficient (Wildman–Crippen LogP) is 4.91. The highest BCUT2D eigenvalue weighted by Gasteiger charge is 2.12. The number of anilines is 2. The van der Waals surface area contributed by atoms with Crippen LogP contribution in [-0.4, -0.2) is 35.5 Å². The molecule has 0 radical (unpaired) electrons. The zero-order valence-electron chi connectivity index (χ0n) is 15.6. The van der Waals surface area contributed by atoms with Crippen LogP contribution in [0.4, 0.5) is 11.4 Å². The zero-order chi connectivity index (χ0) is 20.2. The lowest BCUT2D eigenvalue weighted by molar-refractivity contribution is 0.0963. The first kappa shape index (κ1) is 19.2. The van der Waals surface area contributed by atoms with Gasteiger partial charge in [-0.1, -0.05) is 23.7 Å². The lowest BCUT2D eigenvalue weighted by Crippen LogP contribution is -2.24. The molecule has 2 aromatic heterocycles. The number of aromatic nitrogens is 2. The monoisotopic (exact) mass is 423 g/mol. The number of fused-ring (bicyclic) bond motifs is 1. The van der Waals surface area contributed by atoms with E-state index in [4.69, 9.17) is 11.6 Å². The molecule has 2 aromatic carbocycles. The van der Waals surface area contributed by atoms with Crippen LogP contribution in [0.15, 0.2) is 65.1 Å². The molecule has 0 aliphatic rings. The second-order valence-electron chi connectivity index (χ2n) is 6.25. The van der Waals surface area contributed by atoms with Crippen LogP contribution in [0, 0.1) is 0 Å². The Kier molecular flexibility index (Phi) is 5.59. The Bertz CT molecular complexity index is 1200. The van der Waals surface area contributed by atoms with Crippen molar-refractivity contribution in [1.82, 2.24) is 15.1 Å². The molecule has 0 bridgehead atoms. The summed E-state index contributed by atoms with van der Waals surface area (Å²) in [4.78, 5) is 16.7. The summed E-state index contributed by atoms with van der Waals surface area (Å²) in [5.74, 6) is -0.121. The van der Waals surface area contributed by atoms with Crippen LogP contribution in [0.2, 0.25) is 5.02 Å². The SMILES string of the molecule is CN=CCNC(=O)c1cc(-n2ncc3cc(Nc4ccccc4Cl)ccc32)cs1. The maximum absolute atomic E-state index is 12.2. The van der Waals surface area contributed by atoms with E-state index in [1.54, 1.807) is 13.3 Å². The number of nitrogens with zero attached hydrogens (tertiary/aromatic N) is 3. The molecule has 2 N–H and O–H groups in total. The van der Waals surface area contributed by atoms with Crippen molar-refractivity contribution in [2.45, 2.75) is 0 Å². The van der Waals surface area contributed by atoms with Gasteiger partial charge in [0.05, 0.1) is 39.5 Å². The average molecular weight is 424 g/mol. The molecule has 4 rings (SSSR count). The van der Waals surface area contributed by atoms with Gasteiger partial charge in [0, 0.05) is 29.7 Å². The van der Waals surface area contributed by atoms with Crippen LogP contribution in [0.1, 0.15) is 9.67 Å². The largest absolute Gasteiger partial charge is 0.354 e. The van der Waals surface area contributed by atoms with Gasteiger partial charge in [-0.2, -0.15) is 5.10 Å². The number of carbonyl (C=O) groups is 1. The molecule has 0 spiro atoms. The smallest absolute Gasteiger partial charge is 0.261 e. The van der Waals surface area contributed by atoms with Gasteiger partial charge in [0.25, 0.3) is 5.91 Å². The quantitative estimate of drug-likeness (QED) is 0.432. The molecular formula is C21H18ClN5OS. The van der Waals surface area contributed by atoms with Crippen LogP contribution in [0.3, 0.4) is 0 Å². The van der Waals surface area contributed by atoms with Gasteiger partial charge in [0.1, 0.15) is 0 Å². The summed E-state index contributed by atoms with van der Waals surface area (Å²) in [6.45, 7) is 0.411. The second-order valence-corrected chi connectivity index (χ2v) is 7.57. The third-order valence-electron chi connectivity index (χ3n) is 4.31. The third-order valence-corrected chi connectivity index (χ3v) is 5.56. The molecule has 0 aliphatic carbocycles. The minimum atomic E-state index is -0.121. The summed E-state index contributed by atoms with van der Waals surface area (Å²) in [7, 11) is 1.67. The summed E-state index contributed by atoms with van der Waals surface area (Å²) >= 11 is 7.61. The van der Waals surface area contributed by atoms with E-state index in [-0.39, 0.29) is 5.91 Å². The topological polar surface area (TPSA) is 71.3 Å². The van der Waals surface area contributed by atoms with E-state index in [0.29, 0.717) is 16.4 Å². The van der Waals surface area contributed by atoms with Crippen LogP contribution < -0.4 is 10.6 Å². The minimum Gasteiger partial charge on any atom is -0.354 e. The van der Waals surface area contributed by atoms with E-state index < -0.39 is 0 Å². The van der Waals surface area contributed by atoms with Crippen LogP contribution in [0.25, 0.3) is 16.6 Å². The minimum absolute atomic E-state index is 0.121. The lowest BCUT2D eigenvalue weighted by Gasteiger charge is -2.08. The molecule has 6 nitrogen and oxygen atoms in total. The first-order valence-corrected chi connectivity index (χ1v) is 10.2. The van der Waals surface area contributed by atoms with Gasteiger partial charge < -0.3 is 10.6 Å². The summed E-state index contributed by atoms with van der Waals surface area (Å²) < 4.78 is 1.83. The van der Waals surface area contributed by atoms with Crippen LogP contribution >= 0.6 is 22.9 Å². The predicted molar refractivity (Wildman–Crippen MR) is 120 cm³/mol. The number of hydrogen-bond acceptors (Lipinski definition) is 5. The van der Waals surface area contributed by atoms with Gasteiger partial charge >= 0.3 is 0 Å². The maximum Gasteiger partial charge on any atom is 0.261 e. The molecule has 8 heteroatoms. The van der Waals surface area contributed by atoms with Crippen molar-refractivity contribution >= 4 is 57.3 Å². The fourth-order valence-corrected chi connectivity index (χ4v) is 3.87. The molecule has 0 unspecified atom stereocenters. The van der Waals surface area contributed by atoms with Crippen molar-refractivity contribution in [3.05, 3.63) is 70.0 Å². The molecule has 0 fully saturated rings. The molecule has 146 valence electrons. The fraction of sp³-hybridized carbons (Fsp3) is 0.0952. The fourth-order valence-electron chi connectivity index (χ4n) is 2.91. The van der Waals surface area contributed by atoms with Crippen molar-refractivity contribution in [1.29, 1.82) is 0 Å². The van der Waals surface area contributed by atoms with Crippen molar-refractivity contribution in [3.63, 3.8) is 0 Å². The van der Waals surface area contributed by atoms with E-state index >= 15 is 0 Å². The molecule has 4 aromatic rings. The highest BCUT2D eigenvalue weighted by atomic mass is 35.5. The Morgan fingerprint density at radius 2 is 2.14 bits per heavy atom. The lowest BCUT2D eigenvalue weighted by atomic mass is 10.2. The number of thiophene rings is 1. The highest BCUT2D eigenvalue weighted by Crippen LogP contribution is 2.28. The Balaban J connectivity index is 1.57. The van der Waals surface area contributed by atoms with Crippen LogP contribution in [0.5, 0.6) is 0 Å². The number of carbonyl (C=O) groups excluding carboxylic acids is 1. The third kappa shape index (κ3) is 4.16. The zero-order valence-corrected chi connectivity index (χ0v) is 17.2. The Hall–Kier alpha value is -3.16. The van der Waals surface area contributed by atoms with Gasteiger partial charge in [0.2, 0.25) is 0 Å².